The number of phenolic OH excluding ortho intramolecular Hbond substituents is 2. The van der Waals surface area contributed by atoms with Crippen LogP contribution in [0.25, 0.3) is 0 Å². The van der Waals surface area contributed by atoms with Gasteiger partial charge in [0.1, 0.15) is 11.5 Å². The van der Waals surface area contributed by atoms with Gasteiger partial charge in [0.2, 0.25) is 0 Å². The Morgan fingerprint density at radius 2 is 0.750 bits per heavy atom. The first kappa shape index (κ1) is 26.0. The minimum absolute atomic E-state index is 0. The van der Waals surface area contributed by atoms with E-state index in [1.807, 2.05) is 24.3 Å². The summed E-state index contributed by atoms with van der Waals surface area (Å²) >= 11 is 0. The van der Waals surface area contributed by atoms with E-state index in [1.54, 1.807) is 24.3 Å². The molecule has 0 unspecified atom stereocenters. The van der Waals surface area contributed by atoms with Crippen LogP contribution in [0.3, 0.4) is 0 Å². The van der Waals surface area contributed by atoms with E-state index in [0.717, 1.165) is 0 Å². The van der Waals surface area contributed by atoms with Gasteiger partial charge in [0.15, 0.2) is 0 Å². The summed E-state index contributed by atoms with van der Waals surface area (Å²) in [4.78, 5) is 0. The Labute approximate surface area is 186 Å². The molecule has 0 heterocycles. The number of hydrogen-bond acceptors (Lipinski definition) is 2. The third kappa shape index (κ3) is 9.30. The third-order valence-corrected chi connectivity index (χ3v) is 3.47. The molecule has 0 amide bonds. The molecule has 2 aromatic rings. The quantitative estimate of drug-likeness (QED) is 0.404. The standard InChI is InChI=1S/2C10H14O.HI.Na/c2*1-10(2,3)8-4-6-9(11)7-5-8;;/h2*4-7,11H,1-3H3;1H;. The van der Waals surface area contributed by atoms with Gasteiger partial charge in [0.25, 0.3) is 0 Å². The second kappa shape index (κ2) is 10.7. The van der Waals surface area contributed by atoms with E-state index in [2.05, 4.69) is 41.5 Å². The zero-order valence-electron chi connectivity index (χ0n) is 15.9. The fourth-order valence-electron chi connectivity index (χ4n) is 1.92. The molecule has 2 N–H and O–H groups in total. The molecule has 0 aromatic heterocycles. The van der Waals surface area contributed by atoms with Crippen molar-refractivity contribution in [2.45, 2.75) is 52.4 Å². The minimum atomic E-state index is 0. The van der Waals surface area contributed by atoms with Crippen LogP contribution in [0.15, 0.2) is 48.5 Å². The van der Waals surface area contributed by atoms with Gasteiger partial charge >= 0.3 is 0 Å². The summed E-state index contributed by atoms with van der Waals surface area (Å²) in [5.74, 6) is 0.663. The fraction of sp³-hybridized carbons (Fsp3) is 0.400. The first-order valence-corrected chi connectivity index (χ1v) is 7.59. The molecule has 0 spiro atoms. The maximum Gasteiger partial charge on any atom is 0.115 e. The Bertz CT molecular complexity index is 524. The van der Waals surface area contributed by atoms with Crippen LogP contribution in [0.5, 0.6) is 11.5 Å². The molecule has 2 rings (SSSR count). The maximum atomic E-state index is 9.02. The van der Waals surface area contributed by atoms with E-state index in [0.29, 0.717) is 11.5 Å². The Balaban J connectivity index is 0. The maximum absolute atomic E-state index is 9.02. The van der Waals surface area contributed by atoms with Crippen molar-refractivity contribution >= 4 is 53.5 Å². The summed E-state index contributed by atoms with van der Waals surface area (Å²) in [7, 11) is 0. The average Bonchev–Trinajstić information content (AvgIpc) is 2.38. The normalized spacial score (nSPS) is 10.6. The van der Waals surface area contributed by atoms with Crippen molar-refractivity contribution in [1.29, 1.82) is 0 Å². The third-order valence-electron chi connectivity index (χ3n) is 3.47. The largest absolute Gasteiger partial charge is 0.508 e. The predicted molar refractivity (Wildman–Crippen MR) is 115 cm³/mol. The average molecular weight is 451 g/mol. The molecule has 0 atom stereocenters. The van der Waals surface area contributed by atoms with E-state index in [1.165, 1.54) is 11.1 Å². The Hall–Kier alpha value is -0.230. The number of benzene rings is 2. The Morgan fingerprint density at radius 3 is 0.917 bits per heavy atom. The molecular weight excluding hydrogens is 422 g/mol. The molecule has 0 saturated heterocycles. The molecular formula is C20H29INaO2. The summed E-state index contributed by atoms with van der Waals surface area (Å²) in [6.07, 6.45) is 0. The SMILES string of the molecule is CC(C)(C)c1ccc(O)cc1.CC(C)(C)c1ccc(O)cc1.I.[Na]. The molecule has 129 valence electrons. The van der Waals surface area contributed by atoms with Gasteiger partial charge in [-0.3, -0.25) is 0 Å². The smallest absolute Gasteiger partial charge is 0.115 e. The van der Waals surface area contributed by atoms with E-state index in [9.17, 15) is 0 Å². The molecule has 2 aromatic carbocycles. The van der Waals surface area contributed by atoms with Crippen LogP contribution in [0, 0.1) is 0 Å². The molecule has 0 aliphatic heterocycles. The van der Waals surface area contributed by atoms with Crippen LogP contribution in [-0.4, -0.2) is 39.8 Å². The predicted octanol–water partition coefficient (Wildman–Crippen LogP) is 5.62. The monoisotopic (exact) mass is 451 g/mol. The number of rotatable bonds is 0. The number of halogens is 1. The minimum Gasteiger partial charge on any atom is -0.508 e. The topological polar surface area (TPSA) is 40.5 Å². The number of hydrogen-bond donors (Lipinski definition) is 2. The molecule has 0 saturated carbocycles. The van der Waals surface area contributed by atoms with Crippen LogP contribution in [0.4, 0.5) is 0 Å². The second-order valence-electron chi connectivity index (χ2n) is 7.59. The van der Waals surface area contributed by atoms with Gasteiger partial charge in [0, 0.05) is 29.6 Å². The molecule has 0 fully saturated rings. The van der Waals surface area contributed by atoms with E-state index < -0.39 is 0 Å². The van der Waals surface area contributed by atoms with Crippen molar-refractivity contribution in [3.63, 3.8) is 0 Å². The van der Waals surface area contributed by atoms with Gasteiger partial charge in [-0.05, 0) is 46.2 Å². The second-order valence-corrected chi connectivity index (χ2v) is 7.59. The van der Waals surface area contributed by atoms with Crippen molar-refractivity contribution in [3.8, 4) is 11.5 Å². The van der Waals surface area contributed by atoms with Gasteiger partial charge in [-0.2, -0.15) is 0 Å². The van der Waals surface area contributed by atoms with E-state index in [-0.39, 0.29) is 64.4 Å². The summed E-state index contributed by atoms with van der Waals surface area (Å²) in [5.41, 5.74) is 2.84. The summed E-state index contributed by atoms with van der Waals surface area (Å²) in [5, 5.41) is 18.0. The van der Waals surface area contributed by atoms with Crippen molar-refractivity contribution in [1.82, 2.24) is 0 Å². The first-order valence-electron chi connectivity index (χ1n) is 7.59. The van der Waals surface area contributed by atoms with Gasteiger partial charge in [-0.1, -0.05) is 65.8 Å². The summed E-state index contributed by atoms with van der Waals surface area (Å²) < 4.78 is 0. The fourth-order valence-corrected chi connectivity index (χ4v) is 1.92. The van der Waals surface area contributed by atoms with Gasteiger partial charge in [-0.15, -0.1) is 24.0 Å². The molecule has 2 nitrogen and oxygen atoms in total. The van der Waals surface area contributed by atoms with Crippen LogP contribution in [0.2, 0.25) is 0 Å². The number of aromatic hydroxyl groups is 2. The van der Waals surface area contributed by atoms with E-state index in [4.69, 9.17) is 10.2 Å². The summed E-state index contributed by atoms with van der Waals surface area (Å²) in [6.45, 7) is 12.9. The van der Waals surface area contributed by atoms with Crippen molar-refractivity contribution in [2.24, 2.45) is 0 Å². The van der Waals surface area contributed by atoms with Crippen LogP contribution in [-0.2, 0) is 10.8 Å². The molecule has 0 aliphatic carbocycles. The van der Waals surface area contributed by atoms with Gasteiger partial charge in [-0.25, -0.2) is 0 Å². The van der Waals surface area contributed by atoms with Crippen molar-refractivity contribution < 1.29 is 10.2 Å². The van der Waals surface area contributed by atoms with Gasteiger partial charge < -0.3 is 10.2 Å². The molecule has 1 radical (unpaired) electrons. The Morgan fingerprint density at radius 1 is 0.542 bits per heavy atom. The van der Waals surface area contributed by atoms with Crippen LogP contribution >= 0.6 is 24.0 Å². The van der Waals surface area contributed by atoms with Crippen LogP contribution in [0.1, 0.15) is 52.7 Å². The zero-order chi connectivity index (χ0) is 17.0. The molecule has 4 heteroatoms. The summed E-state index contributed by atoms with van der Waals surface area (Å²) in [6, 6.07) is 14.7. The molecule has 0 bridgehead atoms. The molecule has 0 aliphatic rings. The van der Waals surface area contributed by atoms with Crippen molar-refractivity contribution in [3.05, 3.63) is 59.7 Å². The Kier molecular flexibility index (Phi) is 11.6. The van der Waals surface area contributed by atoms with Crippen LogP contribution < -0.4 is 0 Å². The number of phenols is 2. The first-order chi connectivity index (χ1) is 10.00. The molecule has 24 heavy (non-hydrogen) atoms. The zero-order valence-corrected chi connectivity index (χ0v) is 20.3. The van der Waals surface area contributed by atoms with Crippen molar-refractivity contribution in [2.75, 3.05) is 0 Å². The van der Waals surface area contributed by atoms with Gasteiger partial charge in [0.05, 0.1) is 0 Å². The van der Waals surface area contributed by atoms with E-state index >= 15 is 0 Å².